The van der Waals surface area contributed by atoms with Crippen molar-refractivity contribution in [2.45, 2.75) is 38.1 Å². The Balaban J connectivity index is 1.28. The molecule has 0 amide bonds. The second kappa shape index (κ2) is 14.0. The molecule has 4 aromatic carbocycles. The van der Waals surface area contributed by atoms with E-state index < -0.39 is 18.6 Å². The van der Waals surface area contributed by atoms with E-state index in [1.54, 1.807) is 24.3 Å². The lowest BCUT2D eigenvalue weighted by Crippen LogP contribution is -2.39. The number of fused-ring (bicyclic) bond motifs is 2. The van der Waals surface area contributed by atoms with Crippen LogP contribution in [0.2, 0.25) is 5.02 Å². The summed E-state index contributed by atoms with van der Waals surface area (Å²) in [5.41, 5.74) is 6.14. The maximum Gasteiger partial charge on any atom is 0.323 e. The lowest BCUT2D eigenvalue weighted by Gasteiger charge is -2.21. The lowest BCUT2D eigenvalue weighted by molar-refractivity contribution is -0.140. The number of aliphatic hydroxyl groups excluding tert-OH is 1. The summed E-state index contributed by atoms with van der Waals surface area (Å²) >= 11 is 6.74. The third kappa shape index (κ3) is 6.96. The van der Waals surface area contributed by atoms with E-state index in [9.17, 15) is 25.5 Å². The summed E-state index contributed by atoms with van der Waals surface area (Å²) in [6, 6.07) is 23.1. The lowest BCUT2D eigenvalue weighted by atomic mass is 9.96. The summed E-state index contributed by atoms with van der Waals surface area (Å²) in [5.74, 6) is 1.01. The molecule has 11 heteroatoms. The number of carbonyl (C=O) groups is 1. The van der Waals surface area contributed by atoms with Crippen LogP contribution in [0.1, 0.15) is 45.9 Å². The van der Waals surface area contributed by atoms with Crippen molar-refractivity contribution >= 4 is 17.6 Å². The standard InChI is InChI=1S/C36H30ClN3O7/c37-29-13-25(18-40-30(19-41)36(42)43)33(46-20-23-11-21(16-38)10-22(12-23)17-39)15-34(29)47-31-7-5-27-26(2-1-3-28(27)31)24-4-6-32-35(14-24)45-9-8-44-32/h1-4,6,10-15,30-31,40-41H,5,7-9,18-20H2,(H,42,43)/t30?,31-/m0/s1. The van der Waals surface area contributed by atoms with Crippen molar-refractivity contribution in [1.82, 2.24) is 5.32 Å². The topological polar surface area (TPSA) is 154 Å². The molecular formula is C36H30ClN3O7. The van der Waals surface area contributed by atoms with Crippen LogP contribution < -0.4 is 24.3 Å². The Morgan fingerprint density at radius 3 is 2.49 bits per heavy atom. The van der Waals surface area contributed by atoms with E-state index in [0.29, 0.717) is 52.0 Å². The normalized spacial score (nSPS) is 15.2. The van der Waals surface area contributed by atoms with Crippen molar-refractivity contribution < 1.29 is 34.0 Å². The number of nitrogens with zero attached hydrogens (tertiary/aromatic N) is 2. The Labute approximate surface area is 276 Å². The molecular weight excluding hydrogens is 622 g/mol. The van der Waals surface area contributed by atoms with Crippen LogP contribution in [0.4, 0.5) is 0 Å². The molecule has 3 N–H and O–H groups in total. The van der Waals surface area contributed by atoms with Gasteiger partial charge in [-0.3, -0.25) is 10.1 Å². The van der Waals surface area contributed by atoms with Gasteiger partial charge in [-0.25, -0.2) is 0 Å². The average Bonchev–Trinajstić information content (AvgIpc) is 3.51. The number of nitrogens with one attached hydrogen (secondary N) is 1. The molecule has 0 radical (unpaired) electrons. The average molecular weight is 652 g/mol. The van der Waals surface area contributed by atoms with Crippen LogP contribution in [0.5, 0.6) is 23.0 Å². The highest BCUT2D eigenvalue weighted by molar-refractivity contribution is 6.32. The van der Waals surface area contributed by atoms with Crippen LogP contribution >= 0.6 is 11.6 Å². The van der Waals surface area contributed by atoms with Gasteiger partial charge in [-0.05, 0) is 77.1 Å². The van der Waals surface area contributed by atoms with Gasteiger partial charge in [0.05, 0.1) is 34.9 Å². The molecule has 0 aromatic heterocycles. The minimum Gasteiger partial charge on any atom is -0.488 e. The molecule has 2 aliphatic rings. The van der Waals surface area contributed by atoms with Gasteiger partial charge in [0.25, 0.3) is 0 Å². The van der Waals surface area contributed by atoms with Crippen LogP contribution in [0.25, 0.3) is 11.1 Å². The number of benzene rings is 4. The minimum atomic E-state index is -1.20. The van der Waals surface area contributed by atoms with Gasteiger partial charge in [0.2, 0.25) is 0 Å². The van der Waals surface area contributed by atoms with Crippen molar-refractivity contribution in [3.05, 3.63) is 105 Å². The first kappa shape index (κ1) is 31.7. The predicted octanol–water partition coefficient (Wildman–Crippen LogP) is 5.70. The zero-order valence-electron chi connectivity index (χ0n) is 25.2. The Bertz CT molecular complexity index is 1880. The molecule has 6 rings (SSSR count). The number of carboxylic acid groups (broad SMARTS) is 1. The first-order valence-electron chi connectivity index (χ1n) is 15.0. The molecule has 0 spiro atoms. The summed E-state index contributed by atoms with van der Waals surface area (Å²) in [7, 11) is 0. The van der Waals surface area contributed by atoms with Gasteiger partial charge in [0, 0.05) is 18.2 Å². The summed E-state index contributed by atoms with van der Waals surface area (Å²) in [5, 5.41) is 40.8. The fraction of sp³-hybridized carbons (Fsp3) is 0.250. The molecule has 0 fully saturated rings. The fourth-order valence-electron chi connectivity index (χ4n) is 5.84. The van der Waals surface area contributed by atoms with Gasteiger partial charge in [-0.2, -0.15) is 10.5 Å². The number of ether oxygens (including phenoxy) is 4. The van der Waals surface area contributed by atoms with Crippen molar-refractivity contribution in [2.24, 2.45) is 0 Å². The summed E-state index contributed by atoms with van der Waals surface area (Å²) in [6.07, 6.45) is 1.23. The largest absolute Gasteiger partial charge is 0.488 e. The second-order valence-electron chi connectivity index (χ2n) is 11.2. The molecule has 0 saturated heterocycles. The van der Waals surface area contributed by atoms with Crippen molar-refractivity contribution in [3.8, 4) is 46.3 Å². The van der Waals surface area contributed by atoms with E-state index >= 15 is 0 Å². The number of rotatable bonds is 11. The molecule has 238 valence electrons. The molecule has 0 saturated carbocycles. The van der Waals surface area contributed by atoms with E-state index in [0.717, 1.165) is 41.0 Å². The molecule has 2 atom stereocenters. The Morgan fingerprint density at radius 2 is 1.77 bits per heavy atom. The Kier molecular flexibility index (Phi) is 9.46. The highest BCUT2D eigenvalue weighted by atomic mass is 35.5. The second-order valence-corrected chi connectivity index (χ2v) is 11.6. The maximum absolute atomic E-state index is 11.5. The van der Waals surface area contributed by atoms with E-state index in [4.69, 9.17) is 30.5 Å². The molecule has 0 bridgehead atoms. The number of hydrogen-bond acceptors (Lipinski definition) is 9. The first-order valence-corrected chi connectivity index (χ1v) is 15.4. The smallest absolute Gasteiger partial charge is 0.323 e. The molecule has 1 aliphatic heterocycles. The van der Waals surface area contributed by atoms with Crippen LogP contribution in [-0.4, -0.2) is 42.0 Å². The highest BCUT2D eigenvalue weighted by Crippen LogP contribution is 2.44. The summed E-state index contributed by atoms with van der Waals surface area (Å²) < 4.78 is 24.2. The number of hydrogen-bond donors (Lipinski definition) is 3. The van der Waals surface area contributed by atoms with E-state index in [2.05, 4.69) is 11.4 Å². The molecule has 1 heterocycles. The quantitative estimate of drug-likeness (QED) is 0.184. The highest BCUT2D eigenvalue weighted by Gasteiger charge is 2.28. The first-order chi connectivity index (χ1) is 22.9. The van der Waals surface area contributed by atoms with Gasteiger partial charge in [0.15, 0.2) is 11.5 Å². The van der Waals surface area contributed by atoms with Crippen LogP contribution in [0, 0.1) is 22.7 Å². The van der Waals surface area contributed by atoms with Crippen LogP contribution in [0.3, 0.4) is 0 Å². The van der Waals surface area contributed by atoms with Crippen molar-refractivity contribution in [3.63, 3.8) is 0 Å². The molecule has 1 unspecified atom stereocenters. The number of aliphatic carboxylic acids is 1. The zero-order chi connectivity index (χ0) is 32.9. The van der Waals surface area contributed by atoms with Crippen molar-refractivity contribution in [1.29, 1.82) is 10.5 Å². The van der Waals surface area contributed by atoms with Gasteiger partial charge >= 0.3 is 5.97 Å². The fourth-order valence-corrected chi connectivity index (χ4v) is 6.07. The van der Waals surface area contributed by atoms with Crippen LogP contribution in [-0.2, 0) is 24.4 Å². The van der Waals surface area contributed by atoms with Crippen molar-refractivity contribution in [2.75, 3.05) is 19.8 Å². The molecule has 10 nitrogen and oxygen atoms in total. The third-order valence-electron chi connectivity index (χ3n) is 8.12. The number of aliphatic hydroxyl groups is 1. The molecule has 47 heavy (non-hydrogen) atoms. The number of halogens is 1. The van der Waals surface area contributed by atoms with E-state index in [1.807, 2.05) is 42.5 Å². The number of carboxylic acids is 1. The monoisotopic (exact) mass is 651 g/mol. The van der Waals surface area contributed by atoms with Gasteiger partial charge < -0.3 is 29.2 Å². The summed E-state index contributed by atoms with van der Waals surface area (Å²) in [6.45, 7) is 0.482. The minimum absolute atomic E-state index is 0.0196. The van der Waals surface area contributed by atoms with Crippen LogP contribution in [0.15, 0.2) is 66.7 Å². The Hall–Kier alpha value is -5.26. The number of nitriles is 2. The zero-order valence-corrected chi connectivity index (χ0v) is 25.9. The van der Waals surface area contributed by atoms with E-state index in [-0.39, 0.29) is 19.3 Å². The van der Waals surface area contributed by atoms with Gasteiger partial charge in [-0.1, -0.05) is 35.9 Å². The maximum atomic E-state index is 11.5. The summed E-state index contributed by atoms with van der Waals surface area (Å²) in [4.78, 5) is 11.5. The van der Waals surface area contributed by atoms with E-state index in [1.165, 1.54) is 11.6 Å². The molecule has 4 aromatic rings. The SMILES string of the molecule is N#Cc1cc(C#N)cc(COc2cc(O[C@H]3CCc4c(-c5ccc6c(c5)OCCO6)cccc43)c(Cl)cc2CNC(CO)C(=O)O)c1. The van der Waals surface area contributed by atoms with Gasteiger partial charge in [-0.15, -0.1) is 0 Å². The third-order valence-corrected chi connectivity index (χ3v) is 8.41. The predicted molar refractivity (Wildman–Crippen MR) is 172 cm³/mol. The Morgan fingerprint density at radius 1 is 1.00 bits per heavy atom. The molecule has 1 aliphatic carbocycles. The van der Waals surface area contributed by atoms with Gasteiger partial charge in [0.1, 0.15) is 43.5 Å².